The maximum atomic E-state index is 14.7. The number of halogens is 1. The third-order valence-electron chi connectivity index (χ3n) is 5.15. The Bertz CT molecular complexity index is 1240. The SMILES string of the molecule is C=CS(=O)(=O)N1C[C@H](F)[C@H](Oc2nc(Nc3ncc(C)s3)cc3c2ccn3CC(C)C)C1. The molecule has 11 heteroatoms. The Labute approximate surface area is 190 Å². The molecule has 1 saturated heterocycles. The minimum atomic E-state index is -3.72. The van der Waals surface area contributed by atoms with E-state index in [9.17, 15) is 12.8 Å². The van der Waals surface area contributed by atoms with Crippen LogP contribution in [0.25, 0.3) is 10.9 Å². The summed E-state index contributed by atoms with van der Waals surface area (Å²) in [7, 11) is -3.72. The molecule has 3 aromatic rings. The molecule has 0 amide bonds. The summed E-state index contributed by atoms with van der Waals surface area (Å²) >= 11 is 1.50. The second-order valence-electron chi connectivity index (χ2n) is 8.21. The lowest BCUT2D eigenvalue weighted by atomic mass is 10.2. The Hall–Kier alpha value is -2.50. The fraction of sp³-hybridized carbons (Fsp3) is 0.429. The predicted octanol–water partition coefficient (Wildman–Crippen LogP) is 4.08. The number of pyridine rings is 1. The van der Waals surface area contributed by atoms with E-state index < -0.39 is 22.3 Å². The summed E-state index contributed by atoms with van der Waals surface area (Å²) in [5, 5.41) is 5.45. The third-order valence-corrected chi connectivity index (χ3v) is 7.42. The normalized spacial score (nSPS) is 19.7. The highest BCUT2D eigenvalue weighted by Crippen LogP contribution is 2.33. The second-order valence-corrected chi connectivity index (χ2v) is 11.3. The van der Waals surface area contributed by atoms with Gasteiger partial charge in [-0.15, -0.1) is 11.3 Å². The highest BCUT2D eigenvalue weighted by atomic mass is 32.2. The Morgan fingerprint density at radius 3 is 2.88 bits per heavy atom. The van der Waals surface area contributed by atoms with E-state index in [1.807, 2.05) is 25.3 Å². The topological polar surface area (TPSA) is 89.3 Å². The number of hydrogen-bond acceptors (Lipinski definition) is 7. The van der Waals surface area contributed by atoms with Gasteiger partial charge < -0.3 is 14.6 Å². The molecule has 1 aliphatic heterocycles. The molecule has 1 aliphatic rings. The predicted molar refractivity (Wildman–Crippen MR) is 125 cm³/mol. The Kier molecular flexibility index (Phi) is 6.24. The van der Waals surface area contributed by atoms with Gasteiger partial charge in [0.15, 0.2) is 11.3 Å². The van der Waals surface area contributed by atoms with Crippen LogP contribution in [0.2, 0.25) is 0 Å². The number of hydrogen-bond donors (Lipinski definition) is 1. The minimum absolute atomic E-state index is 0.102. The zero-order valence-electron chi connectivity index (χ0n) is 18.2. The van der Waals surface area contributed by atoms with E-state index in [-0.39, 0.29) is 19.0 Å². The molecular formula is C21H26FN5O3S2. The molecule has 8 nitrogen and oxygen atoms in total. The summed E-state index contributed by atoms with van der Waals surface area (Å²) in [6, 6.07) is 3.80. The Balaban J connectivity index is 1.69. The van der Waals surface area contributed by atoms with E-state index in [0.29, 0.717) is 16.9 Å². The first-order chi connectivity index (χ1) is 15.2. The summed E-state index contributed by atoms with van der Waals surface area (Å²) in [6.07, 6.45) is 1.28. The molecule has 0 radical (unpaired) electrons. The number of sulfonamides is 1. The van der Waals surface area contributed by atoms with E-state index in [1.165, 1.54) is 11.3 Å². The lowest BCUT2D eigenvalue weighted by molar-refractivity contribution is 0.136. The summed E-state index contributed by atoms with van der Waals surface area (Å²) in [4.78, 5) is 9.94. The monoisotopic (exact) mass is 479 g/mol. The molecule has 32 heavy (non-hydrogen) atoms. The zero-order valence-corrected chi connectivity index (χ0v) is 19.8. The van der Waals surface area contributed by atoms with E-state index in [0.717, 1.165) is 32.0 Å². The number of anilines is 2. The second kappa shape index (κ2) is 8.80. The van der Waals surface area contributed by atoms with Crippen LogP contribution in [0.1, 0.15) is 18.7 Å². The largest absolute Gasteiger partial charge is 0.469 e. The molecule has 0 aromatic carbocycles. The summed E-state index contributed by atoms with van der Waals surface area (Å²) in [6.45, 7) is 9.95. The van der Waals surface area contributed by atoms with E-state index in [2.05, 4.69) is 40.3 Å². The van der Waals surface area contributed by atoms with Crippen LogP contribution in [-0.4, -0.2) is 52.6 Å². The molecular weight excluding hydrogens is 453 g/mol. The molecule has 2 atom stereocenters. The van der Waals surface area contributed by atoms with Crippen molar-refractivity contribution < 1.29 is 17.5 Å². The molecule has 0 saturated carbocycles. The molecule has 172 valence electrons. The van der Waals surface area contributed by atoms with Crippen LogP contribution in [0.3, 0.4) is 0 Å². The highest BCUT2D eigenvalue weighted by Gasteiger charge is 2.40. The standard InChI is InChI=1S/C21H26FN5O3S2/c1-5-32(28,29)27-11-16(22)18(12-27)30-20-15-6-7-26(10-13(2)3)17(15)8-19(24-20)25-21-23-9-14(4)31-21/h5-9,13,16,18H,1,10-12H2,2-4H3,(H,23,24,25)/t16-,18+/m0/s1. The van der Waals surface area contributed by atoms with Crippen molar-refractivity contribution in [3.05, 3.63) is 41.4 Å². The van der Waals surface area contributed by atoms with Gasteiger partial charge in [-0.3, -0.25) is 0 Å². The van der Waals surface area contributed by atoms with E-state index in [1.54, 1.807) is 6.20 Å². The number of alkyl halides is 1. The first-order valence-electron chi connectivity index (χ1n) is 10.3. The molecule has 1 fully saturated rings. The maximum Gasteiger partial charge on any atom is 0.235 e. The number of thiazole rings is 1. The quantitative estimate of drug-likeness (QED) is 0.524. The lowest BCUT2D eigenvalue weighted by Crippen LogP contribution is -2.30. The van der Waals surface area contributed by atoms with Gasteiger partial charge in [0.1, 0.15) is 11.9 Å². The van der Waals surface area contributed by atoms with Gasteiger partial charge in [0.05, 0.1) is 17.4 Å². The van der Waals surface area contributed by atoms with Gasteiger partial charge >= 0.3 is 0 Å². The van der Waals surface area contributed by atoms with Crippen molar-refractivity contribution in [2.45, 2.75) is 39.6 Å². The van der Waals surface area contributed by atoms with Crippen molar-refractivity contribution in [2.75, 3.05) is 18.4 Å². The van der Waals surface area contributed by atoms with Crippen molar-refractivity contribution >= 4 is 43.2 Å². The van der Waals surface area contributed by atoms with Crippen LogP contribution < -0.4 is 10.1 Å². The third kappa shape index (κ3) is 4.64. The highest BCUT2D eigenvalue weighted by molar-refractivity contribution is 7.92. The number of rotatable bonds is 8. The van der Waals surface area contributed by atoms with E-state index in [4.69, 9.17) is 4.74 Å². The lowest BCUT2D eigenvalue weighted by Gasteiger charge is -2.17. The Morgan fingerprint density at radius 2 is 2.22 bits per heavy atom. The van der Waals surface area contributed by atoms with Crippen LogP contribution in [0, 0.1) is 12.8 Å². The summed E-state index contributed by atoms with van der Waals surface area (Å²) < 4.78 is 48.0. The van der Waals surface area contributed by atoms with Gasteiger partial charge in [0.25, 0.3) is 0 Å². The van der Waals surface area contributed by atoms with Gasteiger partial charge in [-0.2, -0.15) is 9.29 Å². The van der Waals surface area contributed by atoms with Crippen molar-refractivity contribution in [1.29, 1.82) is 0 Å². The van der Waals surface area contributed by atoms with Crippen molar-refractivity contribution in [3.8, 4) is 5.88 Å². The van der Waals surface area contributed by atoms with Crippen LogP contribution in [0.5, 0.6) is 5.88 Å². The molecule has 4 rings (SSSR count). The minimum Gasteiger partial charge on any atom is -0.469 e. The van der Waals surface area contributed by atoms with Gasteiger partial charge in [0, 0.05) is 41.8 Å². The number of nitrogens with zero attached hydrogens (tertiary/aromatic N) is 4. The first-order valence-corrected chi connectivity index (χ1v) is 12.6. The van der Waals surface area contributed by atoms with Crippen molar-refractivity contribution in [2.24, 2.45) is 5.92 Å². The number of ether oxygens (including phenoxy) is 1. The van der Waals surface area contributed by atoms with Crippen LogP contribution in [-0.2, 0) is 16.6 Å². The van der Waals surface area contributed by atoms with Gasteiger partial charge in [-0.25, -0.2) is 17.8 Å². The molecule has 3 aromatic heterocycles. The van der Waals surface area contributed by atoms with Crippen LogP contribution >= 0.6 is 11.3 Å². The van der Waals surface area contributed by atoms with Gasteiger partial charge in [-0.05, 0) is 18.9 Å². The van der Waals surface area contributed by atoms with Crippen LogP contribution in [0.15, 0.2) is 36.5 Å². The molecule has 0 bridgehead atoms. The smallest absolute Gasteiger partial charge is 0.235 e. The van der Waals surface area contributed by atoms with Crippen molar-refractivity contribution in [1.82, 2.24) is 18.8 Å². The molecule has 4 heterocycles. The molecule has 0 aliphatic carbocycles. The molecule has 0 spiro atoms. The van der Waals surface area contributed by atoms with E-state index >= 15 is 0 Å². The van der Waals surface area contributed by atoms with Gasteiger partial charge in [0.2, 0.25) is 15.9 Å². The molecule has 0 unspecified atom stereocenters. The maximum absolute atomic E-state index is 14.7. The zero-order chi connectivity index (χ0) is 23.0. The fourth-order valence-electron chi connectivity index (χ4n) is 3.66. The number of aromatic nitrogens is 3. The molecule has 1 N–H and O–H groups in total. The summed E-state index contributed by atoms with van der Waals surface area (Å²) in [5.74, 6) is 1.20. The number of fused-ring (bicyclic) bond motifs is 1. The Morgan fingerprint density at radius 1 is 1.44 bits per heavy atom. The fourth-order valence-corrected chi connectivity index (χ4v) is 5.24. The summed E-state index contributed by atoms with van der Waals surface area (Å²) in [5.41, 5.74) is 0.892. The average Bonchev–Trinajstić information content (AvgIpc) is 3.42. The van der Waals surface area contributed by atoms with Gasteiger partial charge in [-0.1, -0.05) is 20.4 Å². The number of nitrogens with one attached hydrogen (secondary N) is 1. The first kappa shape index (κ1) is 22.7. The average molecular weight is 480 g/mol. The van der Waals surface area contributed by atoms with Crippen molar-refractivity contribution in [3.63, 3.8) is 0 Å². The number of aryl methyl sites for hydroxylation is 1. The van der Waals surface area contributed by atoms with Crippen LogP contribution in [0.4, 0.5) is 15.3 Å².